The van der Waals surface area contributed by atoms with Crippen molar-refractivity contribution in [2.24, 2.45) is 0 Å². The molecule has 0 radical (unpaired) electrons. The molecule has 5 nitrogen and oxygen atoms in total. The van der Waals surface area contributed by atoms with Gasteiger partial charge < -0.3 is 9.16 Å². The number of benzene rings is 5. The van der Waals surface area contributed by atoms with Gasteiger partial charge in [0.2, 0.25) is 0 Å². The monoisotopic (exact) mass is 733 g/mol. The van der Waals surface area contributed by atoms with Crippen LogP contribution in [-0.4, -0.2) is 37.1 Å². The van der Waals surface area contributed by atoms with Gasteiger partial charge in [0, 0.05) is 38.8 Å². The molecule has 1 saturated carbocycles. The fraction of sp³-hybridized carbons (Fsp3) is 0.256. The second-order valence-electron chi connectivity index (χ2n) is 14.7. The highest BCUT2D eigenvalue weighted by Gasteiger charge is 2.60. The maximum absolute atomic E-state index is 14.6. The van der Waals surface area contributed by atoms with Gasteiger partial charge in [-0.3, -0.25) is 14.5 Å². The van der Waals surface area contributed by atoms with Gasteiger partial charge in [-0.25, -0.2) is 0 Å². The Labute approximate surface area is 311 Å². The summed E-state index contributed by atoms with van der Waals surface area (Å²) < 4.78 is 15.0. The number of rotatable bonds is 11. The van der Waals surface area contributed by atoms with Crippen LogP contribution in [-0.2, 0) is 21.4 Å². The molecule has 1 fully saturated rings. The predicted octanol–water partition coefficient (Wildman–Crippen LogP) is 9.18. The molecule has 1 aliphatic heterocycles. The van der Waals surface area contributed by atoms with Crippen LogP contribution in [0.3, 0.4) is 0 Å². The first-order chi connectivity index (χ1) is 24.4. The highest BCUT2D eigenvalue weighted by molar-refractivity contribution is 6.99. The second-order valence-corrected chi connectivity index (χ2v) is 19.8. The van der Waals surface area contributed by atoms with Gasteiger partial charge in [0.1, 0.15) is 0 Å². The SMILES string of the molecule is CC(=O)c1ccc2c(c1)C(=O)N(Cc1ccc(Cl)cc1)C2(OCC1(O[Si](c2ccccc2)(c2ccccc2)C(C)(C)C)CC1)c1ccc(Cl)cc1. The molecule has 1 unspecified atom stereocenters. The Morgan fingerprint density at radius 2 is 1.33 bits per heavy atom. The largest absolute Gasteiger partial charge is 0.400 e. The van der Waals surface area contributed by atoms with Crippen LogP contribution in [0.5, 0.6) is 0 Å². The lowest BCUT2D eigenvalue weighted by atomic mass is 9.91. The van der Waals surface area contributed by atoms with E-state index >= 15 is 0 Å². The molecule has 1 aliphatic carbocycles. The topological polar surface area (TPSA) is 55.8 Å². The zero-order valence-electron chi connectivity index (χ0n) is 29.3. The fourth-order valence-corrected chi connectivity index (χ4v) is 12.6. The smallest absolute Gasteiger partial charge is 0.261 e. The molecule has 5 aromatic rings. The lowest BCUT2D eigenvalue weighted by Gasteiger charge is -2.46. The van der Waals surface area contributed by atoms with Gasteiger partial charge in [-0.15, -0.1) is 0 Å². The maximum Gasteiger partial charge on any atom is 0.261 e. The lowest BCUT2D eigenvalue weighted by Crippen LogP contribution is -2.68. The first kappa shape index (κ1) is 35.4. The number of halogens is 2. The molecule has 0 saturated heterocycles. The normalized spacial score (nSPS) is 18.1. The van der Waals surface area contributed by atoms with Crippen molar-refractivity contribution in [2.45, 2.75) is 63.4 Å². The zero-order valence-corrected chi connectivity index (χ0v) is 31.8. The fourth-order valence-electron chi connectivity index (χ4n) is 7.48. The average Bonchev–Trinajstić information content (AvgIpc) is 3.86. The lowest BCUT2D eigenvalue weighted by molar-refractivity contribution is -0.135. The quantitative estimate of drug-likeness (QED) is 0.100. The van der Waals surface area contributed by atoms with Gasteiger partial charge in [0.05, 0.1) is 12.2 Å². The third kappa shape index (κ3) is 6.38. The van der Waals surface area contributed by atoms with Crippen LogP contribution in [0.25, 0.3) is 0 Å². The van der Waals surface area contributed by atoms with Gasteiger partial charge in [-0.2, -0.15) is 0 Å². The third-order valence-corrected chi connectivity index (χ3v) is 15.9. The molecule has 5 aromatic carbocycles. The van der Waals surface area contributed by atoms with Crippen molar-refractivity contribution < 1.29 is 18.8 Å². The number of fused-ring (bicyclic) bond motifs is 1. The highest BCUT2D eigenvalue weighted by Crippen LogP contribution is 2.52. The zero-order chi connectivity index (χ0) is 36.0. The Hall–Kier alpha value is -4.04. The van der Waals surface area contributed by atoms with E-state index in [-0.39, 0.29) is 29.9 Å². The van der Waals surface area contributed by atoms with Crippen LogP contribution in [0.1, 0.15) is 77.9 Å². The van der Waals surface area contributed by atoms with Crippen LogP contribution in [0.2, 0.25) is 15.1 Å². The summed E-state index contributed by atoms with van der Waals surface area (Å²) >= 11 is 12.7. The van der Waals surface area contributed by atoms with E-state index in [0.717, 1.165) is 24.0 Å². The molecule has 0 aromatic heterocycles. The number of ketones is 1. The Kier molecular flexibility index (Phi) is 9.36. The van der Waals surface area contributed by atoms with Crippen LogP contribution in [0, 0.1) is 0 Å². The summed E-state index contributed by atoms with van der Waals surface area (Å²) in [6, 6.07) is 41.5. The number of Topliss-reactive ketones (excluding diaryl/α,β-unsaturated/α-hetero) is 1. The van der Waals surface area contributed by atoms with Gasteiger partial charge >= 0.3 is 0 Å². The summed E-state index contributed by atoms with van der Waals surface area (Å²) in [4.78, 5) is 28.9. The predicted molar refractivity (Wildman–Crippen MR) is 207 cm³/mol. The number of ether oxygens (including phenoxy) is 1. The molecule has 0 spiro atoms. The molecule has 0 bridgehead atoms. The van der Waals surface area contributed by atoms with Crippen LogP contribution in [0.4, 0.5) is 0 Å². The number of carbonyl (C=O) groups is 2. The van der Waals surface area contributed by atoms with Gasteiger partial charge in [-0.05, 0) is 71.1 Å². The van der Waals surface area contributed by atoms with Crippen LogP contribution >= 0.6 is 23.2 Å². The van der Waals surface area contributed by atoms with E-state index in [9.17, 15) is 9.59 Å². The van der Waals surface area contributed by atoms with Crippen molar-refractivity contribution in [3.63, 3.8) is 0 Å². The minimum absolute atomic E-state index is 0.115. The molecule has 2 aliphatic rings. The van der Waals surface area contributed by atoms with E-state index in [4.69, 9.17) is 32.4 Å². The molecule has 51 heavy (non-hydrogen) atoms. The highest BCUT2D eigenvalue weighted by atomic mass is 35.5. The maximum atomic E-state index is 14.6. The summed E-state index contributed by atoms with van der Waals surface area (Å²) in [6.07, 6.45) is 1.63. The van der Waals surface area contributed by atoms with E-state index in [0.29, 0.717) is 26.7 Å². The molecule has 0 N–H and O–H groups in total. The van der Waals surface area contributed by atoms with E-state index in [1.165, 1.54) is 17.3 Å². The summed E-state index contributed by atoms with van der Waals surface area (Å²) in [5.74, 6) is -0.342. The molecule has 8 heteroatoms. The Bertz CT molecular complexity index is 2020. The van der Waals surface area contributed by atoms with E-state index < -0.39 is 19.6 Å². The third-order valence-electron chi connectivity index (χ3n) is 10.3. The van der Waals surface area contributed by atoms with Gasteiger partial charge in [0.25, 0.3) is 14.2 Å². The molecule has 1 amide bonds. The minimum atomic E-state index is -2.93. The number of carbonyl (C=O) groups excluding carboxylic acids is 2. The van der Waals surface area contributed by atoms with E-state index in [2.05, 4.69) is 69.3 Å². The Morgan fingerprint density at radius 1 is 0.784 bits per heavy atom. The standard InChI is InChI=1S/C43H41Cl2NO4Si/c1-30(47)32-17-24-39-38(27-32)40(48)46(28-31-15-20-34(44)21-16-31)43(39,33-18-22-35(45)23-19-33)49-29-42(25-26-42)50-51(41(2,3)4,36-11-7-5-8-12-36)37-13-9-6-10-14-37/h5-24,27H,25-26,28-29H2,1-4H3. The summed E-state index contributed by atoms with van der Waals surface area (Å²) in [5.41, 5.74) is 1.29. The van der Waals surface area contributed by atoms with Crippen LogP contribution in [0.15, 0.2) is 127 Å². The van der Waals surface area contributed by atoms with E-state index in [1.54, 1.807) is 17.0 Å². The molecule has 260 valence electrons. The number of amides is 1. The summed E-state index contributed by atoms with van der Waals surface area (Å²) in [5, 5.41) is 3.36. The molecular formula is C43H41Cl2NO4Si. The number of hydrogen-bond acceptors (Lipinski definition) is 4. The van der Waals surface area contributed by atoms with Gasteiger partial charge in [-0.1, -0.05) is 141 Å². The van der Waals surface area contributed by atoms with Crippen molar-refractivity contribution in [1.29, 1.82) is 0 Å². The molecule has 1 atom stereocenters. The van der Waals surface area contributed by atoms with Crippen molar-refractivity contribution >= 4 is 53.6 Å². The van der Waals surface area contributed by atoms with E-state index in [1.807, 2.05) is 66.7 Å². The first-order valence-corrected chi connectivity index (χ1v) is 20.0. The molecular weight excluding hydrogens is 693 g/mol. The van der Waals surface area contributed by atoms with Crippen LogP contribution < -0.4 is 10.4 Å². The minimum Gasteiger partial charge on any atom is -0.400 e. The number of hydrogen-bond donors (Lipinski definition) is 0. The molecule has 7 rings (SSSR count). The van der Waals surface area contributed by atoms with Crippen molar-refractivity contribution in [3.8, 4) is 0 Å². The molecule has 1 heterocycles. The van der Waals surface area contributed by atoms with Gasteiger partial charge in [0.15, 0.2) is 11.5 Å². The first-order valence-electron chi connectivity index (χ1n) is 17.3. The second kappa shape index (κ2) is 13.5. The Balaban J connectivity index is 1.37. The van der Waals surface area contributed by atoms with Crippen molar-refractivity contribution in [3.05, 3.63) is 165 Å². The number of nitrogens with zero attached hydrogens (tertiary/aromatic N) is 1. The average molecular weight is 735 g/mol. The Morgan fingerprint density at radius 3 is 1.84 bits per heavy atom. The van der Waals surface area contributed by atoms with Crippen molar-refractivity contribution in [1.82, 2.24) is 4.90 Å². The summed E-state index contributed by atoms with van der Waals surface area (Å²) in [7, 11) is -2.93. The summed E-state index contributed by atoms with van der Waals surface area (Å²) in [6.45, 7) is 8.81. The van der Waals surface area contributed by atoms with Crippen molar-refractivity contribution in [2.75, 3.05) is 6.61 Å².